The summed E-state index contributed by atoms with van der Waals surface area (Å²) in [6.07, 6.45) is 2.21. The molecule has 2 aromatic carbocycles. The van der Waals surface area contributed by atoms with Gasteiger partial charge in [0.05, 0.1) is 11.9 Å². The Morgan fingerprint density at radius 3 is 2.29 bits per heavy atom. The van der Waals surface area contributed by atoms with E-state index < -0.39 is 0 Å². The molecular formula is C17H20O2P2. The fraction of sp³-hybridized carbons (Fsp3) is 0.294. The van der Waals surface area contributed by atoms with Crippen molar-refractivity contribution in [2.24, 2.45) is 0 Å². The minimum atomic E-state index is 0.655. The molecule has 0 radical (unpaired) electrons. The van der Waals surface area contributed by atoms with Gasteiger partial charge in [-0.1, -0.05) is 34.7 Å². The van der Waals surface area contributed by atoms with Crippen molar-refractivity contribution < 1.29 is 9.15 Å². The first-order valence-corrected chi connectivity index (χ1v) is 8.47. The second kappa shape index (κ2) is 5.95. The molecule has 3 rings (SSSR count). The smallest absolute Gasteiger partial charge is 0.146 e. The van der Waals surface area contributed by atoms with E-state index in [0.717, 1.165) is 40.4 Å². The number of ether oxygens (including phenoxy) is 1. The Morgan fingerprint density at radius 1 is 0.952 bits per heavy atom. The molecule has 2 unspecified atom stereocenters. The summed E-state index contributed by atoms with van der Waals surface area (Å²) in [6.45, 7) is 4.84. The second-order valence-corrected chi connectivity index (χ2v) is 6.31. The van der Waals surface area contributed by atoms with E-state index in [0.29, 0.717) is 6.61 Å². The third-order valence-corrected chi connectivity index (χ3v) is 4.94. The van der Waals surface area contributed by atoms with E-state index in [-0.39, 0.29) is 0 Å². The summed E-state index contributed by atoms with van der Waals surface area (Å²) in [5.41, 5.74) is 3.21. The number of hydrogen-bond donors (Lipinski definition) is 0. The van der Waals surface area contributed by atoms with Gasteiger partial charge in [-0.15, -0.1) is 9.24 Å². The van der Waals surface area contributed by atoms with Crippen LogP contribution in [-0.2, 0) is 6.42 Å². The van der Waals surface area contributed by atoms with E-state index in [9.17, 15) is 0 Å². The van der Waals surface area contributed by atoms with Crippen LogP contribution in [0.3, 0.4) is 0 Å². The van der Waals surface area contributed by atoms with Crippen LogP contribution in [0.15, 0.2) is 28.7 Å². The van der Waals surface area contributed by atoms with Crippen molar-refractivity contribution in [3.8, 4) is 5.75 Å². The van der Waals surface area contributed by atoms with Gasteiger partial charge < -0.3 is 9.15 Å². The van der Waals surface area contributed by atoms with E-state index >= 15 is 0 Å². The first kappa shape index (κ1) is 14.8. The highest BCUT2D eigenvalue weighted by atomic mass is 31.0. The van der Waals surface area contributed by atoms with Gasteiger partial charge in [0.15, 0.2) is 0 Å². The predicted molar refractivity (Wildman–Crippen MR) is 97.6 cm³/mol. The van der Waals surface area contributed by atoms with Crippen molar-refractivity contribution >= 4 is 51.0 Å². The molecule has 110 valence electrons. The van der Waals surface area contributed by atoms with Crippen LogP contribution < -0.4 is 15.3 Å². The largest absolute Gasteiger partial charge is 0.493 e. The Labute approximate surface area is 129 Å². The van der Waals surface area contributed by atoms with Crippen LogP contribution in [0.4, 0.5) is 0 Å². The highest BCUT2D eigenvalue weighted by Gasteiger charge is 2.15. The molecule has 4 heteroatoms. The average molecular weight is 318 g/mol. The monoisotopic (exact) mass is 318 g/mol. The molecule has 0 fully saturated rings. The number of rotatable bonds is 4. The lowest BCUT2D eigenvalue weighted by Crippen LogP contribution is -2.02. The Balaban J connectivity index is 2.28. The SMILES string of the molecule is CCCc1ccc2c(oc3c(P)c(OCC)ccc32)c1P. The Kier molecular flexibility index (Phi) is 4.20. The molecule has 0 amide bonds. The van der Waals surface area contributed by atoms with Gasteiger partial charge in [0.25, 0.3) is 0 Å². The maximum atomic E-state index is 6.17. The molecule has 0 aliphatic rings. The lowest BCUT2D eigenvalue weighted by atomic mass is 10.1. The molecule has 0 saturated carbocycles. The lowest BCUT2D eigenvalue weighted by molar-refractivity contribution is 0.343. The molecule has 0 N–H and O–H groups in total. The summed E-state index contributed by atoms with van der Waals surface area (Å²) < 4.78 is 11.8. The molecule has 0 saturated heterocycles. The van der Waals surface area contributed by atoms with Gasteiger partial charge in [-0.05, 0) is 31.0 Å². The maximum absolute atomic E-state index is 6.17. The first-order chi connectivity index (χ1) is 10.2. The van der Waals surface area contributed by atoms with E-state index in [2.05, 4.69) is 43.6 Å². The minimum absolute atomic E-state index is 0.655. The minimum Gasteiger partial charge on any atom is -0.493 e. The highest BCUT2D eigenvalue weighted by Crippen LogP contribution is 2.32. The molecule has 0 spiro atoms. The third kappa shape index (κ3) is 2.45. The van der Waals surface area contributed by atoms with Crippen molar-refractivity contribution in [1.29, 1.82) is 0 Å². The van der Waals surface area contributed by atoms with Gasteiger partial charge in [-0.25, -0.2) is 0 Å². The van der Waals surface area contributed by atoms with Crippen LogP contribution >= 0.6 is 18.5 Å². The fourth-order valence-electron chi connectivity index (χ4n) is 2.74. The molecule has 2 atom stereocenters. The molecule has 0 aliphatic heterocycles. The van der Waals surface area contributed by atoms with Gasteiger partial charge in [0, 0.05) is 16.1 Å². The Bertz CT molecular complexity index is 739. The fourth-order valence-corrected chi connectivity index (χ4v) is 3.59. The van der Waals surface area contributed by atoms with E-state index in [4.69, 9.17) is 9.15 Å². The molecular weight excluding hydrogens is 298 g/mol. The van der Waals surface area contributed by atoms with Crippen molar-refractivity contribution in [3.05, 3.63) is 29.8 Å². The number of fused-ring (bicyclic) bond motifs is 3. The summed E-state index contributed by atoms with van der Waals surface area (Å²) in [5, 5.41) is 4.48. The van der Waals surface area contributed by atoms with Crippen LogP contribution in [-0.4, -0.2) is 6.61 Å². The second-order valence-electron chi connectivity index (χ2n) is 5.15. The highest BCUT2D eigenvalue weighted by molar-refractivity contribution is 7.29. The number of furan rings is 1. The number of benzene rings is 2. The zero-order valence-electron chi connectivity index (χ0n) is 12.4. The van der Waals surface area contributed by atoms with Crippen LogP contribution in [0.25, 0.3) is 21.9 Å². The van der Waals surface area contributed by atoms with Crippen molar-refractivity contribution in [3.63, 3.8) is 0 Å². The molecule has 3 aromatic rings. The zero-order chi connectivity index (χ0) is 15.0. The summed E-state index contributed by atoms with van der Waals surface area (Å²) in [4.78, 5) is 0. The number of aryl methyl sites for hydroxylation is 1. The zero-order valence-corrected chi connectivity index (χ0v) is 14.7. The Hall–Kier alpha value is -1.10. The van der Waals surface area contributed by atoms with Gasteiger partial charge in [0.2, 0.25) is 0 Å². The quantitative estimate of drug-likeness (QED) is 0.680. The standard InChI is InChI=1S/C17H20O2P2/c1-3-5-10-6-7-11-12-8-9-13(18-4-2)17(21)15(12)19-14(11)16(10)20/h6-9H,3-5,20-21H2,1-2H3. The summed E-state index contributed by atoms with van der Waals surface area (Å²) >= 11 is 0. The molecule has 0 aliphatic carbocycles. The molecule has 1 heterocycles. The molecule has 0 bridgehead atoms. The Morgan fingerprint density at radius 2 is 1.62 bits per heavy atom. The van der Waals surface area contributed by atoms with Crippen molar-refractivity contribution in [2.75, 3.05) is 6.61 Å². The van der Waals surface area contributed by atoms with Crippen LogP contribution in [0.5, 0.6) is 5.75 Å². The van der Waals surface area contributed by atoms with Crippen molar-refractivity contribution in [2.45, 2.75) is 26.7 Å². The molecule has 21 heavy (non-hydrogen) atoms. The summed E-state index contributed by atoms with van der Waals surface area (Å²) in [5.74, 6) is 0.869. The van der Waals surface area contributed by atoms with Gasteiger partial charge in [-0.3, -0.25) is 0 Å². The topological polar surface area (TPSA) is 22.4 Å². The summed E-state index contributed by atoms with van der Waals surface area (Å²) in [7, 11) is 5.59. The van der Waals surface area contributed by atoms with Gasteiger partial charge in [-0.2, -0.15) is 0 Å². The van der Waals surface area contributed by atoms with Crippen LogP contribution in [0.1, 0.15) is 25.8 Å². The molecule has 2 nitrogen and oxygen atoms in total. The average Bonchev–Trinajstić information content (AvgIpc) is 2.86. The maximum Gasteiger partial charge on any atom is 0.146 e. The first-order valence-electron chi connectivity index (χ1n) is 7.32. The normalized spacial score (nSPS) is 11.4. The molecule has 1 aromatic heterocycles. The number of hydrogen-bond acceptors (Lipinski definition) is 2. The van der Waals surface area contributed by atoms with E-state index in [1.807, 2.05) is 13.0 Å². The third-order valence-electron chi connectivity index (χ3n) is 3.76. The summed E-state index contributed by atoms with van der Waals surface area (Å²) in [6, 6.07) is 8.49. The predicted octanol–water partition coefficient (Wildman–Crippen LogP) is 3.94. The van der Waals surface area contributed by atoms with E-state index in [1.165, 1.54) is 16.3 Å². The van der Waals surface area contributed by atoms with Gasteiger partial charge >= 0.3 is 0 Å². The lowest BCUT2D eigenvalue weighted by Gasteiger charge is -2.06. The van der Waals surface area contributed by atoms with Crippen LogP contribution in [0.2, 0.25) is 0 Å². The van der Waals surface area contributed by atoms with Gasteiger partial charge in [0.1, 0.15) is 16.9 Å². The van der Waals surface area contributed by atoms with Crippen molar-refractivity contribution in [1.82, 2.24) is 0 Å². The van der Waals surface area contributed by atoms with E-state index in [1.54, 1.807) is 0 Å². The van der Waals surface area contributed by atoms with Crippen LogP contribution in [0, 0.1) is 0 Å².